The highest BCUT2D eigenvalue weighted by Gasteiger charge is 2.34. The van der Waals surface area contributed by atoms with E-state index in [1.807, 2.05) is 30.3 Å². The molecule has 0 radical (unpaired) electrons. The van der Waals surface area contributed by atoms with Gasteiger partial charge in [-0.15, -0.1) is 0 Å². The SMILES string of the molecule is O=CC[C@H]1COC[C@H]1[C@@H](C=O)OCc1ccccc1. The van der Waals surface area contributed by atoms with Crippen LogP contribution in [0.15, 0.2) is 30.3 Å². The quantitative estimate of drug-likeness (QED) is 0.701. The fourth-order valence-electron chi connectivity index (χ4n) is 2.38. The Morgan fingerprint density at radius 1 is 1.26 bits per heavy atom. The Morgan fingerprint density at radius 3 is 2.74 bits per heavy atom. The lowest BCUT2D eigenvalue weighted by atomic mass is 9.89. The zero-order valence-electron chi connectivity index (χ0n) is 10.7. The van der Waals surface area contributed by atoms with E-state index in [9.17, 15) is 9.59 Å². The minimum absolute atomic E-state index is 0.0218. The van der Waals surface area contributed by atoms with Gasteiger partial charge in [0.2, 0.25) is 0 Å². The number of carbonyl (C=O) groups excluding carboxylic acids is 2. The molecule has 4 heteroatoms. The molecule has 0 N–H and O–H groups in total. The van der Waals surface area contributed by atoms with Gasteiger partial charge in [-0.05, 0) is 11.5 Å². The normalized spacial score (nSPS) is 24.0. The molecule has 1 heterocycles. The summed E-state index contributed by atoms with van der Waals surface area (Å²) in [5.41, 5.74) is 1.03. The van der Waals surface area contributed by atoms with Crippen LogP contribution in [0.5, 0.6) is 0 Å². The molecule has 0 amide bonds. The van der Waals surface area contributed by atoms with E-state index in [0.717, 1.165) is 18.1 Å². The second kappa shape index (κ2) is 7.16. The molecule has 2 rings (SSSR count). The molecular weight excluding hydrogens is 244 g/mol. The monoisotopic (exact) mass is 262 g/mol. The molecule has 1 aliphatic heterocycles. The molecule has 0 aromatic heterocycles. The first-order chi connectivity index (χ1) is 9.35. The van der Waals surface area contributed by atoms with Gasteiger partial charge in [0.25, 0.3) is 0 Å². The van der Waals surface area contributed by atoms with Crippen LogP contribution in [0, 0.1) is 11.8 Å². The van der Waals surface area contributed by atoms with E-state index in [4.69, 9.17) is 9.47 Å². The number of benzene rings is 1. The van der Waals surface area contributed by atoms with Gasteiger partial charge >= 0.3 is 0 Å². The third-order valence-corrected chi connectivity index (χ3v) is 3.49. The van der Waals surface area contributed by atoms with Gasteiger partial charge in [-0.25, -0.2) is 0 Å². The molecule has 1 fully saturated rings. The Kier molecular flexibility index (Phi) is 5.24. The molecule has 1 aliphatic rings. The maximum absolute atomic E-state index is 11.2. The average Bonchev–Trinajstić information content (AvgIpc) is 2.90. The molecule has 0 bridgehead atoms. The van der Waals surface area contributed by atoms with Gasteiger partial charge in [-0.1, -0.05) is 30.3 Å². The van der Waals surface area contributed by atoms with Crippen molar-refractivity contribution in [2.24, 2.45) is 11.8 Å². The second-order valence-corrected chi connectivity index (χ2v) is 4.76. The number of hydrogen-bond donors (Lipinski definition) is 0. The van der Waals surface area contributed by atoms with Crippen LogP contribution in [-0.2, 0) is 25.7 Å². The summed E-state index contributed by atoms with van der Waals surface area (Å²) in [5, 5.41) is 0. The molecule has 1 saturated heterocycles. The summed E-state index contributed by atoms with van der Waals surface area (Å²) in [6, 6.07) is 9.71. The largest absolute Gasteiger partial charge is 0.381 e. The number of aldehydes is 2. The predicted molar refractivity (Wildman–Crippen MR) is 69.6 cm³/mol. The van der Waals surface area contributed by atoms with E-state index in [1.54, 1.807) is 0 Å². The summed E-state index contributed by atoms with van der Waals surface area (Å²) in [5.74, 6) is 0.0647. The summed E-state index contributed by atoms with van der Waals surface area (Å²) in [7, 11) is 0. The first kappa shape index (κ1) is 13.9. The number of carbonyl (C=O) groups is 2. The van der Waals surface area contributed by atoms with Crippen LogP contribution in [0.4, 0.5) is 0 Å². The standard InChI is InChI=1S/C15H18O4/c16-7-6-13-10-18-11-14(13)15(8-17)19-9-12-4-2-1-3-5-12/h1-5,7-8,13-15H,6,9-11H2/t13-,14+,15+/m0/s1. The molecular formula is C15H18O4. The minimum Gasteiger partial charge on any atom is -0.381 e. The van der Waals surface area contributed by atoms with Gasteiger partial charge in [-0.2, -0.15) is 0 Å². The number of ether oxygens (including phenoxy) is 2. The lowest BCUT2D eigenvalue weighted by molar-refractivity contribution is -0.124. The van der Waals surface area contributed by atoms with Crippen LogP contribution in [0.2, 0.25) is 0 Å². The van der Waals surface area contributed by atoms with Gasteiger partial charge in [0.05, 0.1) is 19.8 Å². The molecule has 0 unspecified atom stereocenters. The molecule has 0 saturated carbocycles. The smallest absolute Gasteiger partial charge is 0.149 e. The molecule has 0 aliphatic carbocycles. The number of hydrogen-bond acceptors (Lipinski definition) is 4. The lowest BCUT2D eigenvalue weighted by Crippen LogP contribution is -2.31. The molecule has 4 nitrogen and oxygen atoms in total. The van der Waals surface area contributed by atoms with Crippen molar-refractivity contribution >= 4 is 12.6 Å². The van der Waals surface area contributed by atoms with E-state index in [2.05, 4.69) is 0 Å². The molecule has 0 spiro atoms. The highest BCUT2D eigenvalue weighted by Crippen LogP contribution is 2.27. The van der Waals surface area contributed by atoms with Crippen LogP contribution in [-0.4, -0.2) is 31.9 Å². The van der Waals surface area contributed by atoms with Gasteiger partial charge in [0, 0.05) is 12.3 Å². The van der Waals surface area contributed by atoms with Crippen molar-refractivity contribution in [2.75, 3.05) is 13.2 Å². The summed E-state index contributed by atoms with van der Waals surface area (Å²) in [4.78, 5) is 21.8. The van der Waals surface area contributed by atoms with Crippen LogP contribution >= 0.6 is 0 Å². The van der Waals surface area contributed by atoms with Crippen molar-refractivity contribution in [3.63, 3.8) is 0 Å². The van der Waals surface area contributed by atoms with Crippen molar-refractivity contribution in [2.45, 2.75) is 19.1 Å². The van der Waals surface area contributed by atoms with Gasteiger partial charge in [-0.3, -0.25) is 0 Å². The lowest BCUT2D eigenvalue weighted by Gasteiger charge is -2.22. The molecule has 1 aromatic carbocycles. The summed E-state index contributed by atoms with van der Waals surface area (Å²) < 4.78 is 11.0. The predicted octanol–water partition coefficient (Wildman–Crippen LogP) is 1.62. The minimum atomic E-state index is -0.507. The zero-order chi connectivity index (χ0) is 13.5. The first-order valence-electron chi connectivity index (χ1n) is 6.47. The van der Waals surface area contributed by atoms with E-state index in [0.29, 0.717) is 26.2 Å². The van der Waals surface area contributed by atoms with Crippen molar-refractivity contribution in [1.29, 1.82) is 0 Å². The van der Waals surface area contributed by atoms with E-state index in [1.165, 1.54) is 0 Å². The molecule has 1 aromatic rings. The van der Waals surface area contributed by atoms with E-state index < -0.39 is 6.10 Å². The van der Waals surface area contributed by atoms with Crippen LogP contribution in [0.1, 0.15) is 12.0 Å². The Morgan fingerprint density at radius 2 is 2.05 bits per heavy atom. The molecule has 102 valence electrons. The Bertz CT molecular complexity index is 404. The van der Waals surface area contributed by atoms with Gasteiger partial charge < -0.3 is 19.1 Å². The highest BCUT2D eigenvalue weighted by atomic mass is 16.5. The Balaban J connectivity index is 1.92. The summed E-state index contributed by atoms with van der Waals surface area (Å²) in [6.07, 6.45) is 1.61. The van der Waals surface area contributed by atoms with Crippen LogP contribution in [0.25, 0.3) is 0 Å². The van der Waals surface area contributed by atoms with E-state index in [-0.39, 0.29) is 11.8 Å². The maximum atomic E-state index is 11.2. The summed E-state index contributed by atoms with van der Waals surface area (Å²) in [6.45, 7) is 1.41. The van der Waals surface area contributed by atoms with Crippen LogP contribution in [0.3, 0.4) is 0 Å². The van der Waals surface area contributed by atoms with Gasteiger partial charge in [0.15, 0.2) is 0 Å². The molecule has 19 heavy (non-hydrogen) atoms. The maximum Gasteiger partial charge on any atom is 0.149 e. The fourth-order valence-corrected chi connectivity index (χ4v) is 2.38. The zero-order valence-corrected chi connectivity index (χ0v) is 10.7. The topological polar surface area (TPSA) is 52.6 Å². The Hall–Kier alpha value is -1.52. The molecule has 3 atom stereocenters. The van der Waals surface area contributed by atoms with Crippen molar-refractivity contribution in [3.05, 3.63) is 35.9 Å². The van der Waals surface area contributed by atoms with Crippen molar-refractivity contribution in [1.82, 2.24) is 0 Å². The van der Waals surface area contributed by atoms with Gasteiger partial charge in [0.1, 0.15) is 18.7 Å². The Labute approximate surface area is 112 Å². The average molecular weight is 262 g/mol. The fraction of sp³-hybridized carbons (Fsp3) is 0.467. The van der Waals surface area contributed by atoms with Crippen LogP contribution < -0.4 is 0 Å². The number of rotatable bonds is 7. The third-order valence-electron chi connectivity index (χ3n) is 3.49. The highest BCUT2D eigenvalue weighted by molar-refractivity contribution is 5.57. The third kappa shape index (κ3) is 3.72. The summed E-state index contributed by atoms with van der Waals surface area (Å²) >= 11 is 0. The van der Waals surface area contributed by atoms with Crippen molar-refractivity contribution < 1.29 is 19.1 Å². The second-order valence-electron chi connectivity index (χ2n) is 4.76. The van der Waals surface area contributed by atoms with Crippen molar-refractivity contribution in [3.8, 4) is 0 Å². The first-order valence-corrected chi connectivity index (χ1v) is 6.47. The van der Waals surface area contributed by atoms with E-state index >= 15 is 0 Å².